The third kappa shape index (κ3) is 4.03. The molecule has 0 amide bonds. The fourth-order valence-electron chi connectivity index (χ4n) is 3.66. The van der Waals surface area contributed by atoms with Crippen LogP contribution in [0.1, 0.15) is 56.8 Å². The van der Waals surface area contributed by atoms with Crippen molar-refractivity contribution >= 4 is 27.6 Å². The Labute approximate surface area is 180 Å². The molecule has 3 atom stereocenters. The van der Waals surface area contributed by atoms with Gasteiger partial charge in [0.05, 0.1) is 11.6 Å². The normalized spacial score (nSPS) is 22.6. The summed E-state index contributed by atoms with van der Waals surface area (Å²) in [5.41, 5.74) is -0.192. The first-order chi connectivity index (χ1) is 14.2. The predicted octanol–water partition coefficient (Wildman–Crippen LogP) is 2.25. The molecular formula is C18H25ClN6O4S. The molecule has 2 unspecified atom stereocenters. The zero-order valence-corrected chi connectivity index (χ0v) is 18.6. The summed E-state index contributed by atoms with van der Waals surface area (Å²) in [7, 11) is -2.47. The van der Waals surface area contributed by atoms with Crippen LogP contribution in [0.5, 0.6) is 0 Å². The van der Waals surface area contributed by atoms with Crippen LogP contribution in [0.4, 0.5) is 5.95 Å². The number of ether oxygens (including phenoxy) is 2. The highest BCUT2D eigenvalue weighted by Gasteiger charge is 2.45. The summed E-state index contributed by atoms with van der Waals surface area (Å²) in [4.78, 5) is 8.21. The van der Waals surface area contributed by atoms with Crippen molar-refractivity contribution in [3.63, 3.8) is 0 Å². The average Bonchev–Trinajstić information content (AvgIpc) is 3.12. The number of rotatable bonds is 8. The quantitative estimate of drug-likeness (QED) is 0.641. The van der Waals surface area contributed by atoms with Crippen molar-refractivity contribution in [1.29, 1.82) is 0 Å². The smallest absolute Gasteiger partial charge is 0.240 e. The van der Waals surface area contributed by atoms with Crippen LogP contribution < -0.4 is 4.72 Å². The Hall–Kier alpha value is -1.82. The van der Waals surface area contributed by atoms with Gasteiger partial charge in [-0.25, -0.2) is 18.4 Å². The molecule has 30 heavy (non-hydrogen) atoms. The second kappa shape index (κ2) is 8.03. The van der Waals surface area contributed by atoms with Gasteiger partial charge in [-0.3, -0.25) is 9.29 Å². The summed E-state index contributed by atoms with van der Waals surface area (Å²) in [5.74, 6) is 1.33. The van der Waals surface area contributed by atoms with Crippen LogP contribution in [-0.2, 0) is 25.0 Å². The highest BCUT2D eigenvalue weighted by Crippen LogP contribution is 2.47. The van der Waals surface area contributed by atoms with Crippen molar-refractivity contribution in [2.45, 2.75) is 55.9 Å². The average molecular weight is 457 g/mol. The third-order valence-corrected chi connectivity index (χ3v) is 7.68. The minimum atomic E-state index is -3.89. The molecule has 0 aromatic carbocycles. The van der Waals surface area contributed by atoms with Gasteiger partial charge in [0, 0.05) is 37.6 Å². The highest BCUT2D eigenvalue weighted by atomic mass is 35.5. The molecule has 0 bridgehead atoms. The van der Waals surface area contributed by atoms with Crippen LogP contribution in [0, 0.1) is 0 Å². The molecule has 2 aromatic rings. The number of aromatic nitrogens is 5. The van der Waals surface area contributed by atoms with Crippen molar-refractivity contribution in [3.8, 4) is 0 Å². The van der Waals surface area contributed by atoms with E-state index < -0.39 is 21.4 Å². The third-order valence-electron chi connectivity index (χ3n) is 5.79. The van der Waals surface area contributed by atoms with Gasteiger partial charge < -0.3 is 9.47 Å². The second-order valence-electron chi connectivity index (χ2n) is 8.04. The van der Waals surface area contributed by atoms with E-state index in [0.29, 0.717) is 18.2 Å². The second-order valence-corrected chi connectivity index (χ2v) is 10.5. The molecule has 0 spiro atoms. The van der Waals surface area contributed by atoms with E-state index in [9.17, 15) is 8.42 Å². The topological polar surface area (TPSA) is 121 Å². The molecule has 1 saturated heterocycles. The number of halogens is 1. The van der Waals surface area contributed by atoms with Crippen LogP contribution in [-0.4, -0.2) is 58.7 Å². The Balaban J connectivity index is 1.62. The van der Waals surface area contributed by atoms with Crippen LogP contribution in [0.2, 0.25) is 5.02 Å². The number of hydrogen-bond donors (Lipinski definition) is 1. The summed E-state index contributed by atoms with van der Waals surface area (Å²) in [6, 6.07) is 0. The highest BCUT2D eigenvalue weighted by molar-refractivity contribution is 7.93. The monoisotopic (exact) mass is 456 g/mol. The summed E-state index contributed by atoms with van der Waals surface area (Å²) < 4.78 is 41.8. The van der Waals surface area contributed by atoms with E-state index in [4.69, 9.17) is 21.1 Å². The summed E-state index contributed by atoms with van der Waals surface area (Å²) in [5, 5.41) is 7.87. The molecular weight excluding hydrogens is 432 g/mol. The first-order valence-electron chi connectivity index (χ1n) is 9.80. The first-order valence-corrected chi connectivity index (χ1v) is 11.7. The molecule has 3 heterocycles. The van der Waals surface area contributed by atoms with Gasteiger partial charge in [-0.1, -0.05) is 11.6 Å². The maximum absolute atomic E-state index is 13.2. The van der Waals surface area contributed by atoms with E-state index in [1.54, 1.807) is 6.92 Å². The Morgan fingerprint density at radius 3 is 2.60 bits per heavy atom. The van der Waals surface area contributed by atoms with Gasteiger partial charge in [0.1, 0.15) is 17.2 Å². The lowest BCUT2D eigenvalue weighted by atomic mass is 10.1. The van der Waals surface area contributed by atoms with Crippen molar-refractivity contribution in [2.24, 2.45) is 0 Å². The number of nitrogens with one attached hydrogen (secondary N) is 1. The summed E-state index contributed by atoms with van der Waals surface area (Å²) in [6.07, 6.45) is 4.66. The van der Waals surface area contributed by atoms with Gasteiger partial charge in [-0.15, -0.1) is 10.2 Å². The maximum Gasteiger partial charge on any atom is 0.240 e. The van der Waals surface area contributed by atoms with E-state index in [0.717, 1.165) is 25.1 Å². The number of sulfonamides is 1. The Morgan fingerprint density at radius 2 is 2.03 bits per heavy atom. The number of anilines is 1. The van der Waals surface area contributed by atoms with E-state index in [-0.39, 0.29) is 23.2 Å². The zero-order valence-electron chi connectivity index (χ0n) is 17.1. The SMILES string of the molecule is COC(c1ncc(Cl)cn1)C(C)S(=O)(=O)Nc1nnc([C@@H]2CCOC2)n1C1(C)CC1. The molecule has 10 nitrogen and oxygen atoms in total. The molecule has 164 valence electrons. The molecule has 0 radical (unpaired) electrons. The lowest BCUT2D eigenvalue weighted by Gasteiger charge is -2.23. The van der Waals surface area contributed by atoms with E-state index in [2.05, 4.69) is 31.8 Å². The number of hydrogen-bond acceptors (Lipinski definition) is 8. The lowest BCUT2D eigenvalue weighted by molar-refractivity contribution is 0.0950. The molecule has 4 rings (SSSR count). The fourth-order valence-corrected chi connectivity index (χ4v) is 4.89. The zero-order chi connectivity index (χ0) is 21.5. The largest absolute Gasteiger partial charge is 0.381 e. The molecule has 1 saturated carbocycles. The van der Waals surface area contributed by atoms with Crippen molar-refractivity contribution in [1.82, 2.24) is 24.7 Å². The molecule has 2 fully saturated rings. The summed E-state index contributed by atoms with van der Waals surface area (Å²) >= 11 is 5.84. The predicted molar refractivity (Wildman–Crippen MR) is 110 cm³/mol. The Bertz CT molecular complexity index is 1000. The number of nitrogens with zero attached hydrogens (tertiary/aromatic N) is 5. The van der Waals surface area contributed by atoms with E-state index in [1.807, 2.05) is 4.57 Å². The van der Waals surface area contributed by atoms with Crippen molar-refractivity contribution in [3.05, 3.63) is 29.1 Å². The van der Waals surface area contributed by atoms with Gasteiger partial charge in [0.2, 0.25) is 16.0 Å². The molecule has 2 aliphatic rings. The van der Waals surface area contributed by atoms with Gasteiger partial charge in [0.25, 0.3) is 0 Å². The van der Waals surface area contributed by atoms with E-state index in [1.165, 1.54) is 19.5 Å². The van der Waals surface area contributed by atoms with Crippen LogP contribution >= 0.6 is 11.6 Å². The van der Waals surface area contributed by atoms with Gasteiger partial charge in [0.15, 0.2) is 5.82 Å². The maximum atomic E-state index is 13.2. The van der Waals surface area contributed by atoms with Crippen LogP contribution in [0.15, 0.2) is 12.4 Å². The standard InChI is InChI=1S/C18H25ClN6O4S/c1-11(14(28-3)15-20-8-13(19)9-21-15)30(26,27)24-17-23-22-16(12-4-7-29-10-12)25(17)18(2)5-6-18/h8-9,11-12,14H,4-7,10H2,1-3H3,(H,23,24)/t11?,12-,14?/m1/s1. The van der Waals surface area contributed by atoms with Gasteiger partial charge >= 0.3 is 0 Å². The minimum Gasteiger partial charge on any atom is -0.381 e. The summed E-state index contributed by atoms with van der Waals surface area (Å²) in [6.45, 7) is 4.86. The van der Waals surface area contributed by atoms with Crippen molar-refractivity contribution < 1.29 is 17.9 Å². The van der Waals surface area contributed by atoms with Crippen molar-refractivity contribution in [2.75, 3.05) is 25.0 Å². The van der Waals surface area contributed by atoms with Crippen LogP contribution in [0.3, 0.4) is 0 Å². The minimum absolute atomic E-state index is 0.111. The van der Waals surface area contributed by atoms with Gasteiger partial charge in [-0.05, 0) is 33.1 Å². The first kappa shape index (κ1) is 21.4. The fraction of sp³-hybridized carbons (Fsp3) is 0.667. The Morgan fingerprint density at radius 1 is 1.33 bits per heavy atom. The molecule has 2 aromatic heterocycles. The van der Waals surface area contributed by atoms with E-state index >= 15 is 0 Å². The number of methoxy groups -OCH3 is 1. The molecule has 1 aliphatic heterocycles. The van der Waals surface area contributed by atoms with Crippen LogP contribution in [0.25, 0.3) is 0 Å². The Kier molecular flexibility index (Phi) is 5.73. The molecule has 12 heteroatoms. The van der Waals surface area contributed by atoms with Gasteiger partial charge in [-0.2, -0.15) is 0 Å². The molecule has 1 N–H and O–H groups in total. The lowest BCUT2D eigenvalue weighted by Crippen LogP contribution is -2.34. The molecule has 1 aliphatic carbocycles.